The van der Waals surface area contributed by atoms with Crippen LogP contribution in [0.3, 0.4) is 0 Å². The number of carbonyl (C=O) groups is 3. The van der Waals surface area contributed by atoms with Gasteiger partial charge in [0.1, 0.15) is 22.6 Å². The largest absolute Gasteiger partial charge is 0.464 e. The van der Waals surface area contributed by atoms with Crippen molar-refractivity contribution in [3.8, 4) is 0 Å². The van der Waals surface area contributed by atoms with Crippen molar-refractivity contribution in [2.75, 3.05) is 13.7 Å². The highest BCUT2D eigenvalue weighted by Crippen LogP contribution is 2.37. The minimum absolute atomic E-state index is 0.0791. The van der Waals surface area contributed by atoms with Gasteiger partial charge in [-0.15, -0.1) is 0 Å². The molecule has 0 aliphatic carbocycles. The summed E-state index contributed by atoms with van der Waals surface area (Å²) < 4.78 is 21.3. The minimum Gasteiger partial charge on any atom is -0.464 e. The van der Waals surface area contributed by atoms with E-state index < -0.39 is 40.6 Å². The number of nitrogens with one attached hydrogen (secondary N) is 1. The summed E-state index contributed by atoms with van der Waals surface area (Å²) in [6, 6.07) is 0. The second kappa shape index (κ2) is 8.22. The number of hydrogen-bond acceptors (Lipinski definition) is 7. The number of alkyl carbamates (subject to hydrolysis) is 1. The van der Waals surface area contributed by atoms with Crippen molar-refractivity contribution in [1.29, 1.82) is 0 Å². The first kappa shape index (κ1) is 24.7. The van der Waals surface area contributed by atoms with Crippen molar-refractivity contribution in [2.45, 2.75) is 84.8 Å². The van der Waals surface area contributed by atoms with Crippen LogP contribution in [0.25, 0.3) is 0 Å². The van der Waals surface area contributed by atoms with Gasteiger partial charge in [0.2, 0.25) is 0 Å². The molecule has 1 aliphatic heterocycles. The quantitative estimate of drug-likeness (QED) is 0.429. The predicted molar refractivity (Wildman–Crippen MR) is 106 cm³/mol. The maximum atomic E-state index is 12.9. The van der Waals surface area contributed by atoms with E-state index >= 15 is 0 Å². The van der Waals surface area contributed by atoms with E-state index in [-0.39, 0.29) is 12.3 Å². The van der Waals surface area contributed by atoms with Gasteiger partial charge in [0, 0.05) is 0 Å². The Morgan fingerprint density at radius 3 is 1.97 bits per heavy atom. The van der Waals surface area contributed by atoms with E-state index in [4.69, 9.17) is 18.9 Å². The maximum absolute atomic E-state index is 12.9. The highest BCUT2D eigenvalue weighted by Gasteiger charge is 2.52. The molecule has 0 radical (unpaired) electrons. The Morgan fingerprint density at radius 2 is 1.52 bits per heavy atom. The molecule has 0 bridgehead atoms. The summed E-state index contributed by atoms with van der Waals surface area (Å²) in [6.45, 7) is 15.6. The summed E-state index contributed by atoms with van der Waals surface area (Å²) in [5, 5.41) is 2.40. The number of amides is 2. The first-order chi connectivity index (χ1) is 12.9. The van der Waals surface area contributed by atoms with Crippen LogP contribution in [0.1, 0.15) is 62.3 Å². The number of carbonyl (C=O) groups excluding carboxylic acids is 3. The van der Waals surface area contributed by atoms with E-state index in [0.717, 1.165) is 0 Å². The number of ether oxygens (including phenoxy) is 4. The van der Waals surface area contributed by atoms with Crippen LogP contribution in [0.5, 0.6) is 0 Å². The minimum atomic E-state index is -1.09. The van der Waals surface area contributed by atoms with E-state index in [0.29, 0.717) is 0 Å². The van der Waals surface area contributed by atoms with Gasteiger partial charge in [-0.1, -0.05) is 0 Å². The van der Waals surface area contributed by atoms with Crippen molar-refractivity contribution >= 4 is 18.2 Å². The Labute approximate surface area is 172 Å². The third-order valence-electron chi connectivity index (χ3n) is 3.84. The summed E-state index contributed by atoms with van der Waals surface area (Å²) in [5.41, 5.74) is -3.74. The van der Waals surface area contributed by atoms with E-state index in [1.165, 1.54) is 18.1 Å². The molecule has 1 fully saturated rings. The second-order valence-corrected chi connectivity index (χ2v) is 9.58. The number of nitrogens with zero attached hydrogens (tertiary/aromatic N) is 1. The Morgan fingerprint density at radius 1 is 1.00 bits per heavy atom. The average molecular weight is 414 g/mol. The molecule has 0 unspecified atom stereocenters. The van der Waals surface area contributed by atoms with Gasteiger partial charge in [-0.05, 0) is 68.4 Å². The Balaban J connectivity index is 3.30. The predicted octanol–water partition coefficient (Wildman–Crippen LogP) is 3.33. The molecule has 1 heterocycles. The number of rotatable bonds is 3. The van der Waals surface area contributed by atoms with Crippen LogP contribution < -0.4 is 5.32 Å². The van der Waals surface area contributed by atoms with Gasteiger partial charge in [0.15, 0.2) is 0 Å². The summed E-state index contributed by atoms with van der Waals surface area (Å²) in [4.78, 5) is 38.7. The molecule has 2 amide bonds. The number of methoxy groups -OCH3 is 1. The van der Waals surface area contributed by atoms with Crippen LogP contribution in [0.15, 0.2) is 11.8 Å². The zero-order chi connectivity index (χ0) is 22.8. The monoisotopic (exact) mass is 414 g/mol. The molecule has 1 aliphatic rings. The van der Waals surface area contributed by atoms with Gasteiger partial charge >= 0.3 is 18.2 Å². The first-order valence-electron chi connectivity index (χ1n) is 9.39. The molecule has 1 rings (SSSR count). The SMILES string of the molecule is COC(=O)/C(=C\[C@]1(C)COC(C)(C)N1C(=O)OC(C)(C)C)NC(=O)OC(C)(C)C. The van der Waals surface area contributed by atoms with Gasteiger partial charge in [0.25, 0.3) is 0 Å². The average Bonchev–Trinajstić information content (AvgIpc) is 2.71. The third-order valence-corrected chi connectivity index (χ3v) is 3.84. The van der Waals surface area contributed by atoms with Gasteiger partial charge in [-0.3, -0.25) is 10.2 Å². The van der Waals surface area contributed by atoms with Gasteiger partial charge < -0.3 is 18.9 Å². The highest BCUT2D eigenvalue weighted by atomic mass is 16.6. The highest BCUT2D eigenvalue weighted by molar-refractivity contribution is 5.92. The lowest BCUT2D eigenvalue weighted by atomic mass is 9.99. The van der Waals surface area contributed by atoms with E-state index in [2.05, 4.69) is 5.32 Å². The first-order valence-corrected chi connectivity index (χ1v) is 9.39. The molecule has 1 atom stereocenters. The fraction of sp³-hybridized carbons (Fsp3) is 0.750. The third kappa shape index (κ3) is 6.92. The molecular formula is C20H34N2O7. The van der Waals surface area contributed by atoms with E-state index in [1.54, 1.807) is 62.3 Å². The normalized spacial score (nSPS) is 22.1. The van der Waals surface area contributed by atoms with Crippen molar-refractivity contribution in [3.05, 3.63) is 11.8 Å². The molecule has 9 nitrogen and oxygen atoms in total. The van der Waals surface area contributed by atoms with Crippen LogP contribution in [-0.4, -0.2) is 59.2 Å². The molecular weight excluding hydrogens is 380 g/mol. The Bertz CT molecular complexity index is 686. The van der Waals surface area contributed by atoms with Crippen LogP contribution in [0, 0.1) is 0 Å². The molecule has 0 saturated carbocycles. The van der Waals surface area contributed by atoms with Crippen molar-refractivity contribution in [2.24, 2.45) is 0 Å². The molecule has 0 spiro atoms. The van der Waals surface area contributed by atoms with Crippen LogP contribution >= 0.6 is 0 Å². The second-order valence-electron chi connectivity index (χ2n) is 9.58. The van der Waals surface area contributed by atoms with Crippen molar-refractivity contribution in [3.63, 3.8) is 0 Å². The maximum Gasteiger partial charge on any atom is 0.413 e. The van der Waals surface area contributed by atoms with Gasteiger partial charge in [-0.25, -0.2) is 14.4 Å². The fourth-order valence-corrected chi connectivity index (χ4v) is 2.89. The smallest absolute Gasteiger partial charge is 0.413 e. The lowest BCUT2D eigenvalue weighted by Gasteiger charge is -2.39. The molecule has 9 heteroatoms. The molecule has 166 valence electrons. The Kier molecular flexibility index (Phi) is 7.01. The van der Waals surface area contributed by atoms with Gasteiger partial charge in [-0.2, -0.15) is 0 Å². The van der Waals surface area contributed by atoms with Crippen molar-refractivity contribution in [1.82, 2.24) is 10.2 Å². The van der Waals surface area contributed by atoms with Crippen LogP contribution in [0.4, 0.5) is 9.59 Å². The topological polar surface area (TPSA) is 103 Å². The van der Waals surface area contributed by atoms with Crippen LogP contribution in [-0.2, 0) is 23.7 Å². The lowest BCUT2D eigenvalue weighted by molar-refractivity contribution is -0.136. The molecule has 1 N–H and O–H groups in total. The number of hydrogen-bond donors (Lipinski definition) is 1. The van der Waals surface area contributed by atoms with E-state index in [1.807, 2.05) is 0 Å². The molecule has 29 heavy (non-hydrogen) atoms. The summed E-state index contributed by atoms with van der Waals surface area (Å²) in [7, 11) is 1.19. The summed E-state index contributed by atoms with van der Waals surface area (Å²) in [5.74, 6) is -0.786. The summed E-state index contributed by atoms with van der Waals surface area (Å²) in [6.07, 6.45) is -0.0125. The molecule has 1 saturated heterocycles. The van der Waals surface area contributed by atoms with Crippen molar-refractivity contribution < 1.29 is 33.3 Å². The van der Waals surface area contributed by atoms with Crippen LogP contribution in [0.2, 0.25) is 0 Å². The molecule has 0 aromatic heterocycles. The fourth-order valence-electron chi connectivity index (χ4n) is 2.89. The zero-order valence-corrected chi connectivity index (χ0v) is 19.1. The standard InChI is InChI=1S/C20H34N2O7/c1-17(2,3)28-15(24)21-13(14(23)26-10)11-20(9)12-27-19(7,8)22(20)16(25)29-18(4,5)6/h11H,12H2,1-10H3,(H,21,24)/b13-11+/t20-/m1/s1. The zero-order valence-electron chi connectivity index (χ0n) is 19.1. The molecule has 0 aromatic rings. The number of esters is 1. The Hall–Kier alpha value is -2.29. The summed E-state index contributed by atoms with van der Waals surface area (Å²) >= 11 is 0. The lowest BCUT2D eigenvalue weighted by Crippen LogP contribution is -2.55. The molecule has 0 aromatic carbocycles. The van der Waals surface area contributed by atoms with Gasteiger partial charge in [0.05, 0.1) is 19.3 Å². The van der Waals surface area contributed by atoms with E-state index in [9.17, 15) is 14.4 Å².